The molecule has 0 saturated heterocycles. The van der Waals surface area contributed by atoms with Crippen molar-refractivity contribution in [2.45, 2.75) is 6.92 Å². The highest BCUT2D eigenvalue weighted by Crippen LogP contribution is 2.28. The third-order valence-electron chi connectivity index (χ3n) is 4.88. The van der Waals surface area contributed by atoms with E-state index in [2.05, 4.69) is 10.3 Å². The summed E-state index contributed by atoms with van der Waals surface area (Å²) in [5, 5.41) is 2.37. The molecule has 0 fully saturated rings. The first kappa shape index (κ1) is 19.3. The molecule has 7 heteroatoms. The Balaban J connectivity index is 1.62. The molecule has 0 radical (unpaired) electrons. The molecular formula is C23H18FN3O3. The van der Waals surface area contributed by atoms with Gasteiger partial charge in [-0.25, -0.2) is 9.37 Å². The van der Waals surface area contributed by atoms with Gasteiger partial charge in [-0.15, -0.1) is 0 Å². The first-order valence-corrected chi connectivity index (χ1v) is 9.22. The van der Waals surface area contributed by atoms with E-state index < -0.39 is 17.5 Å². The molecular weight excluding hydrogens is 385 g/mol. The molecule has 2 heterocycles. The molecule has 4 aromatic rings. The monoisotopic (exact) mass is 403 g/mol. The number of benzene rings is 2. The predicted molar refractivity (Wildman–Crippen MR) is 110 cm³/mol. The molecule has 0 saturated carbocycles. The van der Waals surface area contributed by atoms with Crippen LogP contribution < -0.4 is 5.32 Å². The summed E-state index contributed by atoms with van der Waals surface area (Å²) in [6.07, 6.45) is 2.83. The summed E-state index contributed by atoms with van der Waals surface area (Å²) in [6.45, 7) is 1.85. The summed E-state index contributed by atoms with van der Waals surface area (Å²) in [7, 11) is 1.72. The number of halogens is 1. The quantitative estimate of drug-likeness (QED) is 0.390. The first-order chi connectivity index (χ1) is 14.5. The lowest BCUT2D eigenvalue weighted by atomic mass is 10.0. The SMILES string of the molecule is Cc1cc(-c2ccccc2)c(C(=O)C(=O)Nc2ccc(-c3ncco3)cc2F)n1C. The molecule has 30 heavy (non-hydrogen) atoms. The zero-order valence-corrected chi connectivity index (χ0v) is 16.3. The maximum atomic E-state index is 14.5. The summed E-state index contributed by atoms with van der Waals surface area (Å²) in [5.41, 5.74) is 2.86. The van der Waals surface area contributed by atoms with Crippen molar-refractivity contribution < 1.29 is 18.4 Å². The number of Topliss-reactive ketones (excluding diaryl/α,β-unsaturated/α-hetero) is 1. The Kier molecular flexibility index (Phi) is 5.02. The molecule has 6 nitrogen and oxygen atoms in total. The van der Waals surface area contributed by atoms with Crippen LogP contribution in [0.25, 0.3) is 22.6 Å². The standard InChI is InChI=1S/C23H18FN3O3/c1-14-12-17(15-6-4-3-5-7-15)20(27(14)2)21(28)22(29)26-19-9-8-16(13-18(19)24)23-25-10-11-30-23/h3-13H,1-2H3,(H,26,29). The number of aromatic nitrogens is 2. The number of oxazole rings is 1. The van der Waals surface area contributed by atoms with Crippen molar-refractivity contribution in [1.82, 2.24) is 9.55 Å². The van der Waals surface area contributed by atoms with Gasteiger partial charge >= 0.3 is 0 Å². The smallest absolute Gasteiger partial charge is 0.298 e. The van der Waals surface area contributed by atoms with Crippen molar-refractivity contribution in [3.8, 4) is 22.6 Å². The number of amides is 1. The molecule has 150 valence electrons. The summed E-state index contributed by atoms with van der Waals surface area (Å²) < 4.78 is 21.3. The van der Waals surface area contributed by atoms with Crippen LogP contribution in [0.3, 0.4) is 0 Å². The summed E-state index contributed by atoms with van der Waals surface area (Å²) in [6, 6.07) is 15.3. The van der Waals surface area contributed by atoms with Crippen molar-refractivity contribution in [2.75, 3.05) is 5.32 Å². The van der Waals surface area contributed by atoms with Crippen LogP contribution in [0, 0.1) is 12.7 Å². The van der Waals surface area contributed by atoms with Crippen LogP contribution in [0.5, 0.6) is 0 Å². The molecule has 0 spiro atoms. The van der Waals surface area contributed by atoms with Crippen LogP contribution in [0.15, 0.2) is 71.5 Å². The molecule has 1 amide bonds. The summed E-state index contributed by atoms with van der Waals surface area (Å²) in [5.74, 6) is -2.11. The number of hydrogen-bond donors (Lipinski definition) is 1. The second-order valence-corrected chi connectivity index (χ2v) is 6.79. The number of rotatable bonds is 5. The number of aryl methyl sites for hydroxylation is 1. The van der Waals surface area contributed by atoms with E-state index in [4.69, 9.17) is 4.42 Å². The molecule has 2 aromatic carbocycles. The van der Waals surface area contributed by atoms with E-state index in [-0.39, 0.29) is 17.3 Å². The van der Waals surface area contributed by atoms with Gasteiger partial charge in [-0.2, -0.15) is 0 Å². The second-order valence-electron chi connectivity index (χ2n) is 6.79. The Labute approximate surface area is 172 Å². The van der Waals surface area contributed by atoms with Gasteiger partial charge in [0.25, 0.3) is 11.7 Å². The van der Waals surface area contributed by atoms with Crippen LogP contribution in [0.2, 0.25) is 0 Å². The molecule has 0 aliphatic heterocycles. The third-order valence-corrected chi connectivity index (χ3v) is 4.88. The predicted octanol–water partition coefficient (Wildman–Crippen LogP) is 4.62. The number of anilines is 1. The Morgan fingerprint density at radius 2 is 1.83 bits per heavy atom. The second kappa shape index (κ2) is 7.79. The maximum absolute atomic E-state index is 14.5. The fourth-order valence-electron chi connectivity index (χ4n) is 3.25. The summed E-state index contributed by atoms with van der Waals surface area (Å²) in [4.78, 5) is 29.6. The highest BCUT2D eigenvalue weighted by molar-refractivity contribution is 6.47. The molecule has 1 N–H and O–H groups in total. The van der Waals surface area contributed by atoms with E-state index in [1.165, 1.54) is 24.6 Å². The number of nitrogens with zero attached hydrogens (tertiary/aromatic N) is 2. The van der Waals surface area contributed by atoms with Gasteiger partial charge in [-0.1, -0.05) is 30.3 Å². The molecule has 2 aromatic heterocycles. The number of ketones is 1. The zero-order chi connectivity index (χ0) is 21.3. The Bertz CT molecular complexity index is 1230. The lowest BCUT2D eigenvalue weighted by molar-refractivity contribution is -0.112. The molecule has 4 rings (SSSR count). The van der Waals surface area contributed by atoms with E-state index in [0.29, 0.717) is 11.1 Å². The molecule has 0 aliphatic carbocycles. The maximum Gasteiger partial charge on any atom is 0.298 e. The van der Waals surface area contributed by atoms with Gasteiger partial charge in [0.05, 0.1) is 11.9 Å². The third kappa shape index (κ3) is 3.53. The highest BCUT2D eigenvalue weighted by Gasteiger charge is 2.25. The van der Waals surface area contributed by atoms with Gasteiger partial charge in [-0.05, 0) is 36.8 Å². The number of hydrogen-bond acceptors (Lipinski definition) is 4. The Morgan fingerprint density at radius 3 is 2.50 bits per heavy atom. The van der Waals surface area contributed by atoms with E-state index >= 15 is 0 Å². The van der Waals surface area contributed by atoms with Crippen LogP contribution in [0.4, 0.5) is 10.1 Å². The number of nitrogens with one attached hydrogen (secondary N) is 1. The van der Waals surface area contributed by atoms with Crippen molar-refractivity contribution in [3.05, 3.63) is 84.3 Å². The topological polar surface area (TPSA) is 77.1 Å². The highest BCUT2D eigenvalue weighted by atomic mass is 19.1. The molecule has 0 bridgehead atoms. The van der Waals surface area contributed by atoms with Crippen LogP contribution in [0.1, 0.15) is 16.2 Å². The average molecular weight is 403 g/mol. The fourth-order valence-corrected chi connectivity index (χ4v) is 3.25. The van der Waals surface area contributed by atoms with E-state index in [1.54, 1.807) is 17.7 Å². The lowest BCUT2D eigenvalue weighted by Crippen LogP contribution is -2.26. The van der Waals surface area contributed by atoms with Crippen LogP contribution >= 0.6 is 0 Å². The van der Waals surface area contributed by atoms with Gasteiger partial charge in [0.2, 0.25) is 5.89 Å². The van der Waals surface area contributed by atoms with E-state index in [0.717, 1.165) is 11.3 Å². The van der Waals surface area contributed by atoms with Gasteiger partial charge in [0, 0.05) is 23.9 Å². The molecule has 0 unspecified atom stereocenters. The van der Waals surface area contributed by atoms with Crippen LogP contribution in [-0.2, 0) is 11.8 Å². The minimum Gasteiger partial charge on any atom is -0.445 e. The minimum absolute atomic E-state index is 0.101. The van der Waals surface area contributed by atoms with Gasteiger partial charge in [0.15, 0.2) is 0 Å². The van der Waals surface area contributed by atoms with Gasteiger partial charge in [0.1, 0.15) is 17.8 Å². The average Bonchev–Trinajstić information content (AvgIpc) is 3.38. The summed E-state index contributed by atoms with van der Waals surface area (Å²) >= 11 is 0. The Morgan fingerprint density at radius 1 is 1.07 bits per heavy atom. The van der Waals surface area contributed by atoms with Crippen LogP contribution in [-0.4, -0.2) is 21.2 Å². The normalized spacial score (nSPS) is 10.8. The first-order valence-electron chi connectivity index (χ1n) is 9.22. The Hall–Kier alpha value is -4.00. The van der Waals surface area contributed by atoms with Gasteiger partial charge in [-0.3, -0.25) is 9.59 Å². The molecule has 0 aliphatic rings. The largest absolute Gasteiger partial charge is 0.445 e. The minimum atomic E-state index is -0.920. The van der Waals surface area contributed by atoms with Crippen molar-refractivity contribution >= 4 is 17.4 Å². The van der Waals surface area contributed by atoms with Crippen molar-refractivity contribution in [2.24, 2.45) is 7.05 Å². The number of carbonyl (C=O) groups is 2. The fraction of sp³-hybridized carbons (Fsp3) is 0.0870. The number of carbonyl (C=O) groups excluding carboxylic acids is 2. The van der Waals surface area contributed by atoms with E-state index in [9.17, 15) is 14.0 Å². The van der Waals surface area contributed by atoms with Crippen molar-refractivity contribution in [1.29, 1.82) is 0 Å². The van der Waals surface area contributed by atoms with Crippen molar-refractivity contribution in [3.63, 3.8) is 0 Å². The van der Waals surface area contributed by atoms with E-state index in [1.807, 2.05) is 43.3 Å². The van der Waals surface area contributed by atoms with Gasteiger partial charge < -0.3 is 14.3 Å². The zero-order valence-electron chi connectivity index (χ0n) is 16.3. The lowest BCUT2D eigenvalue weighted by Gasteiger charge is -2.10. The molecule has 0 atom stereocenters.